The van der Waals surface area contributed by atoms with E-state index in [2.05, 4.69) is 29.2 Å². The molecule has 0 aromatic rings. The van der Waals surface area contributed by atoms with Crippen LogP contribution >= 0.6 is 0 Å². The highest BCUT2D eigenvalue weighted by Gasteiger charge is 2.38. The molecular weight excluding hydrogens is 222 g/mol. The first-order chi connectivity index (χ1) is 8.72. The van der Waals surface area contributed by atoms with Crippen LogP contribution in [0.3, 0.4) is 0 Å². The molecule has 3 fully saturated rings. The molecule has 2 unspecified atom stereocenters. The van der Waals surface area contributed by atoms with Crippen LogP contribution < -0.4 is 5.32 Å². The Balaban J connectivity index is 1.42. The third-order valence-corrected chi connectivity index (χ3v) is 5.61. The average Bonchev–Trinajstić information content (AvgIpc) is 2.62. The fourth-order valence-corrected chi connectivity index (χ4v) is 4.24. The molecule has 0 aromatic heterocycles. The maximum Gasteiger partial charge on any atom is 0.00988 e. The maximum atomic E-state index is 3.85. The van der Waals surface area contributed by atoms with Gasteiger partial charge >= 0.3 is 0 Å². The molecule has 2 bridgehead atoms. The second kappa shape index (κ2) is 5.48. The molecule has 3 heteroatoms. The first-order valence-corrected chi connectivity index (χ1v) is 7.86. The van der Waals surface area contributed by atoms with E-state index in [4.69, 9.17) is 0 Å². The van der Waals surface area contributed by atoms with Crippen molar-refractivity contribution in [3.8, 4) is 0 Å². The summed E-state index contributed by atoms with van der Waals surface area (Å²) >= 11 is 0. The van der Waals surface area contributed by atoms with Crippen LogP contribution in [-0.2, 0) is 0 Å². The molecule has 0 aromatic carbocycles. The van der Waals surface area contributed by atoms with Gasteiger partial charge in [0.2, 0.25) is 0 Å². The summed E-state index contributed by atoms with van der Waals surface area (Å²) in [6.07, 6.45) is 8.46. The van der Waals surface area contributed by atoms with Gasteiger partial charge in [0, 0.05) is 18.1 Å². The molecular formula is C15H29N3. The summed E-state index contributed by atoms with van der Waals surface area (Å²) in [6, 6.07) is 2.58. The van der Waals surface area contributed by atoms with Crippen molar-refractivity contribution in [2.45, 2.75) is 56.7 Å². The van der Waals surface area contributed by atoms with Gasteiger partial charge in [-0.3, -0.25) is 0 Å². The van der Waals surface area contributed by atoms with Crippen molar-refractivity contribution in [3.05, 3.63) is 0 Å². The molecule has 0 spiro atoms. The predicted octanol–water partition coefficient (Wildman–Crippen LogP) is 1.54. The SMILES string of the molecule is CN1CCC(NCC2CC3CCC(C2)N3C)CC1. The van der Waals surface area contributed by atoms with Crippen LogP contribution in [0.4, 0.5) is 0 Å². The van der Waals surface area contributed by atoms with Gasteiger partial charge in [-0.2, -0.15) is 0 Å². The number of nitrogens with one attached hydrogen (secondary N) is 1. The van der Waals surface area contributed by atoms with E-state index in [0.717, 1.165) is 24.0 Å². The minimum absolute atomic E-state index is 0.790. The molecule has 104 valence electrons. The summed E-state index contributed by atoms with van der Waals surface area (Å²) in [5, 5.41) is 3.85. The Kier molecular flexibility index (Phi) is 3.92. The number of rotatable bonds is 3. The fourth-order valence-electron chi connectivity index (χ4n) is 4.24. The Morgan fingerprint density at radius 3 is 2.17 bits per heavy atom. The van der Waals surface area contributed by atoms with Crippen molar-refractivity contribution in [1.82, 2.24) is 15.1 Å². The topological polar surface area (TPSA) is 18.5 Å². The van der Waals surface area contributed by atoms with Gasteiger partial charge in [-0.25, -0.2) is 0 Å². The third-order valence-electron chi connectivity index (χ3n) is 5.61. The van der Waals surface area contributed by atoms with Crippen molar-refractivity contribution >= 4 is 0 Å². The number of piperidine rings is 2. The summed E-state index contributed by atoms with van der Waals surface area (Å²) in [5.74, 6) is 0.943. The van der Waals surface area contributed by atoms with Gasteiger partial charge in [0.25, 0.3) is 0 Å². The molecule has 0 amide bonds. The van der Waals surface area contributed by atoms with Crippen molar-refractivity contribution < 1.29 is 0 Å². The van der Waals surface area contributed by atoms with E-state index in [9.17, 15) is 0 Å². The zero-order valence-electron chi connectivity index (χ0n) is 12.1. The summed E-state index contributed by atoms with van der Waals surface area (Å²) < 4.78 is 0. The molecule has 18 heavy (non-hydrogen) atoms. The summed E-state index contributed by atoms with van der Waals surface area (Å²) in [5.41, 5.74) is 0. The molecule has 2 atom stereocenters. The second-order valence-corrected chi connectivity index (χ2v) is 6.87. The highest BCUT2D eigenvalue weighted by molar-refractivity contribution is 4.94. The lowest BCUT2D eigenvalue weighted by Gasteiger charge is -2.37. The van der Waals surface area contributed by atoms with Gasteiger partial charge in [-0.1, -0.05) is 0 Å². The van der Waals surface area contributed by atoms with Crippen molar-refractivity contribution in [2.24, 2.45) is 5.92 Å². The van der Waals surface area contributed by atoms with Crippen LogP contribution in [0.25, 0.3) is 0 Å². The zero-order valence-corrected chi connectivity index (χ0v) is 12.1. The Morgan fingerprint density at radius 1 is 0.944 bits per heavy atom. The van der Waals surface area contributed by atoms with E-state index in [1.165, 1.54) is 58.2 Å². The van der Waals surface area contributed by atoms with Gasteiger partial charge in [0.1, 0.15) is 0 Å². The molecule has 0 saturated carbocycles. The first kappa shape index (κ1) is 12.9. The fraction of sp³-hybridized carbons (Fsp3) is 1.00. The zero-order chi connectivity index (χ0) is 12.5. The van der Waals surface area contributed by atoms with Crippen molar-refractivity contribution in [1.29, 1.82) is 0 Å². The van der Waals surface area contributed by atoms with Crippen molar-refractivity contribution in [3.63, 3.8) is 0 Å². The Labute approximate surface area is 112 Å². The van der Waals surface area contributed by atoms with Crippen LogP contribution in [-0.4, -0.2) is 61.7 Å². The predicted molar refractivity (Wildman–Crippen MR) is 75.8 cm³/mol. The summed E-state index contributed by atoms with van der Waals surface area (Å²) in [7, 11) is 4.58. The summed E-state index contributed by atoms with van der Waals surface area (Å²) in [4.78, 5) is 5.10. The summed E-state index contributed by atoms with van der Waals surface area (Å²) in [6.45, 7) is 3.82. The highest BCUT2D eigenvalue weighted by Crippen LogP contribution is 2.37. The number of fused-ring (bicyclic) bond motifs is 2. The van der Waals surface area contributed by atoms with E-state index in [-0.39, 0.29) is 0 Å². The quantitative estimate of drug-likeness (QED) is 0.821. The molecule has 3 heterocycles. The van der Waals surface area contributed by atoms with Crippen LogP contribution in [0.15, 0.2) is 0 Å². The maximum absolute atomic E-state index is 3.85. The largest absolute Gasteiger partial charge is 0.314 e. The van der Waals surface area contributed by atoms with Crippen LogP contribution in [0.2, 0.25) is 0 Å². The molecule has 3 nitrogen and oxygen atoms in total. The average molecular weight is 251 g/mol. The first-order valence-electron chi connectivity index (χ1n) is 7.86. The van der Waals surface area contributed by atoms with Crippen LogP contribution in [0.5, 0.6) is 0 Å². The Morgan fingerprint density at radius 2 is 1.56 bits per heavy atom. The molecule has 1 N–H and O–H groups in total. The number of hydrogen-bond acceptors (Lipinski definition) is 3. The van der Waals surface area contributed by atoms with E-state index in [1.807, 2.05) is 0 Å². The van der Waals surface area contributed by atoms with Crippen LogP contribution in [0.1, 0.15) is 38.5 Å². The lowest BCUT2D eigenvalue weighted by atomic mass is 9.90. The lowest BCUT2D eigenvalue weighted by molar-refractivity contribution is 0.128. The van der Waals surface area contributed by atoms with Gasteiger partial charge < -0.3 is 15.1 Å². The van der Waals surface area contributed by atoms with Gasteiger partial charge in [0.15, 0.2) is 0 Å². The molecule has 3 rings (SSSR count). The number of hydrogen-bond donors (Lipinski definition) is 1. The van der Waals surface area contributed by atoms with Gasteiger partial charge in [-0.05, 0) is 78.2 Å². The monoisotopic (exact) mass is 251 g/mol. The Bertz CT molecular complexity index is 259. The highest BCUT2D eigenvalue weighted by atomic mass is 15.2. The minimum Gasteiger partial charge on any atom is -0.314 e. The minimum atomic E-state index is 0.790. The standard InChI is InChI=1S/C15H29N3/c1-17-7-5-13(6-8-17)16-11-12-9-14-3-4-15(10-12)18(14)2/h12-16H,3-11H2,1-2H3. The van der Waals surface area contributed by atoms with E-state index in [1.54, 1.807) is 0 Å². The third kappa shape index (κ3) is 2.73. The molecule has 3 aliphatic rings. The van der Waals surface area contributed by atoms with Crippen molar-refractivity contribution in [2.75, 3.05) is 33.7 Å². The van der Waals surface area contributed by atoms with Crippen LogP contribution in [0, 0.1) is 5.92 Å². The van der Waals surface area contributed by atoms with E-state index < -0.39 is 0 Å². The lowest BCUT2D eigenvalue weighted by Crippen LogP contribution is -2.46. The molecule has 3 aliphatic heterocycles. The van der Waals surface area contributed by atoms with Gasteiger partial charge in [0.05, 0.1) is 0 Å². The number of nitrogens with zero attached hydrogens (tertiary/aromatic N) is 2. The second-order valence-electron chi connectivity index (χ2n) is 6.87. The number of likely N-dealkylation sites (tertiary alicyclic amines) is 1. The van der Waals surface area contributed by atoms with Gasteiger partial charge in [-0.15, -0.1) is 0 Å². The smallest absolute Gasteiger partial charge is 0.00988 e. The normalized spacial score (nSPS) is 39.3. The molecule has 0 aliphatic carbocycles. The van der Waals surface area contributed by atoms with E-state index in [0.29, 0.717) is 0 Å². The molecule has 0 radical (unpaired) electrons. The van der Waals surface area contributed by atoms with E-state index >= 15 is 0 Å². The molecule has 3 saturated heterocycles. The Hall–Kier alpha value is -0.120.